The Bertz CT molecular complexity index is 637. The van der Waals surface area contributed by atoms with E-state index in [4.69, 9.17) is 28.2 Å². The molecule has 0 aromatic heterocycles. The highest BCUT2D eigenvalue weighted by molar-refractivity contribution is 6.30. The molecule has 5 N–H and O–H groups in total. The lowest BCUT2D eigenvalue weighted by atomic mass is 9.96. The number of hydrogen-bond donors (Lipinski definition) is 3. The quantitative estimate of drug-likeness (QED) is 0.728. The SMILES string of the molecule is CC(C)(N)Cc1ccccc1.NCC(CC(=O)O)c1ccc(Cl)cc1. The van der Waals surface area contributed by atoms with Gasteiger partial charge in [-0.1, -0.05) is 54.1 Å². The van der Waals surface area contributed by atoms with E-state index < -0.39 is 5.97 Å². The first-order valence-corrected chi connectivity index (χ1v) is 8.59. The molecule has 2 rings (SSSR count). The zero-order valence-corrected chi connectivity index (χ0v) is 15.5. The van der Waals surface area contributed by atoms with E-state index in [2.05, 4.69) is 12.1 Å². The van der Waals surface area contributed by atoms with Gasteiger partial charge in [-0.05, 0) is 50.1 Å². The molecule has 0 bridgehead atoms. The maximum absolute atomic E-state index is 10.5. The van der Waals surface area contributed by atoms with Gasteiger partial charge in [-0.3, -0.25) is 4.79 Å². The van der Waals surface area contributed by atoms with Gasteiger partial charge in [0.2, 0.25) is 0 Å². The van der Waals surface area contributed by atoms with Gasteiger partial charge in [-0.25, -0.2) is 0 Å². The highest BCUT2D eigenvalue weighted by atomic mass is 35.5. The average Bonchev–Trinajstić information content (AvgIpc) is 2.53. The van der Waals surface area contributed by atoms with Crippen LogP contribution in [0.3, 0.4) is 0 Å². The normalized spacial score (nSPS) is 12.0. The van der Waals surface area contributed by atoms with Crippen molar-refractivity contribution in [3.63, 3.8) is 0 Å². The fourth-order valence-electron chi connectivity index (χ4n) is 2.40. The first kappa shape index (κ1) is 21.2. The summed E-state index contributed by atoms with van der Waals surface area (Å²) in [5, 5.41) is 9.29. The molecule has 0 radical (unpaired) electrons. The van der Waals surface area contributed by atoms with Crippen LogP contribution in [0.1, 0.15) is 37.3 Å². The molecule has 2 aromatic carbocycles. The highest BCUT2D eigenvalue weighted by Crippen LogP contribution is 2.20. The molecule has 1 atom stereocenters. The lowest BCUT2D eigenvalue weighted by molar-refractivity contribution is -0.137. The summed E-state index contributed by atoms with van der Waals surface area (Å²) < 4.78 is 0. The molecule has 136 valence electrons. The minimum atomic E-state index is -0.838. The predicted octanol–water partition coefficient (Wildman–Crippen LogP) is 3.82. The van der Waals surface area contributed by atoms with Crippen LogP contribution in [0, 0.1) is 0 Å². The van der Waals surface area contributed by atoms with Gasteiger partial charge in [0.15, 0.2) is 0 Å². The summed E-state index contributed by atoms with van der Waals surface area (Å²) >= 11 is 5.72. The standard InChI is InChI=1S/C10H12ClNO2.C10H15N/c11-9-3-1-7(2-4-9)8(6-12)5-10(13)14;1-10(2,11)8-9-6-4-3-5-7-9/h1-4,8H,5-6,12H2,(H,13,14);3-7H,8,11H2,1-2H3. The van der Waals surface area contributed by atoms with Crippen LogP contribution in [-0.2, 0) is 11.2 Å². The molecule has 0 aliphatic heterocycles. The van der Waals surface area contributed by atoms with Crippen molar-refractivity contribution in [1.82, 2.24) is 0 Å². The Morgan fingerprint density at radius 3 is 2.12 bits per heavy atom. The van der Waals surface area contributed by atoms with Crippen molar-refractivity contribution in [1.29, 1.82) is 0 Å². The number of benzene rings is 2. The van der Waals surface area contributed by atoms with Crippen LogP contribution >= 0.6 is 11.6 Å². The van der Waals surface area contributed by atoms with Crippen molar-refractivity contribution in [2.24, 2.45) is 11.5 Å². The van der Waals surface area contributed by atoms with Crippen molar-refractivity contribution in [2.45, 2.75) is 38.1 Å². The van der Waals surface area contributed by atoms with Crippen LogP contribution in [0.5, 0.6) is 0 Å². The number of hydrogen-bond acceptors (Lipinski definition) is 3. The number of rotatable bonds is 6. The largest absolute Gasteiger partial charge is 0.481 e. The molecule has 4 nitrogen and oxygen atoms in total. The Morgan fingerprint density at radius 1 is 1.12 bits per heavy atom. The van der Waals surface area contributed by atoms with E-state index in [9.17, 15) is 4.79 Å². The minimum Gasteiger partial charge on any atom is -0.481 e. The van der Waals surface area contributed by atoms with Crippen molar-refractivity contribution in [2.75, 3.05) is 6.54 Å². The fraction of sp³-hybridized carbons (Fsp3) is 0.350. The van der Waals surface area contributed by atoms with E-state index in [0.29, 0.717) is 11.6 Å². The Morgan fingerprint density at radius 2 is 1.68 bits per heavy atom. The summed E-state index contributed by atoms with van der Waals surface area (Å²) in [5.74, 6) is -0.972. The maximum Gasteiger partial charge on any atom is 0.304 e. The van der Waals surface area contributed by atoms with E-state index in [1.165, 1.54) is 5.56 Å². The second-order valence-electron chi connectivity index (χ2n) is 6.73. The number of aliphatic carboxylic acids is 1. The molecular formula is C20H27ClN2O2. The highest BCUT2D eigenvalue weighted by Gasteiger charge is 2.13. The third-order valence-electron chi connectivity index (χ3n) is 3.55. The van der Waals surface area contributed by atoms with Crippen LogP contribution in [0.2, 0.25) is 5.02 Å². The molecule has 0 saturated heterocycles. The van der Waals surface area contributed by atoms with Gasteiger partial charge in [-0.15, -0.1) is 0 Å². The zero-order valence-electron chi connectivity index (χ0n) is 14.8. The van der Waals surface area contributed by atoms with Crippen molar-refractivity contribution in [3.8, 4) is 0 Å². The van der Waals surface area contributed by atoms with Gasteiger partial charge in [0.25, 0.3) is 0 Å². The third kappa shape index (κ3) is 9.25. The first-order chi connectivity index (χ1) is 11.7. The summed E-state index contributed by atoms with van der Waals surface area (Å²) in [6, 6.07) is 17.4. The molecule has 5 heteroatoms. The lowest BCUT2D eigenvalue weighted by Gasteiger charge is -2.17. The molecule has 0 aliphatic carbocycles. The molecule has 0 spiro atoms. The van der Waals surface area contributed by atoms with Crippen molar-refractivity contribution >= 4 is 17.6 Å². The molecule has 0 saturated carbocycles. The van der Waals surface area contributed by atoms with Gasteiger partial charge < -0.3 is 16.6 Å². The summed E-state index contributed by atoms with van der Waals surface area (Å²) in [4.78, 5) is 10.5. The fourth-order valence-corrected chi connectivity index (χ4v) is 2.53. The van der Waals surface area contributed by atoms with Crippen LogP contribution < -0.4 is 11.5 Å². The Kier molecular flexibility index (Phi) is 8.62. The van der Waals surface area contributed by atoms with Crippen molar-refractivity contribution in [3.05, 3.63) is 70.7 Å². The average molecular weight is 363 g/mol. The molecule has 0 aliphatic rings. The number of nitrogens with two attached hydrogens (primary N) is 2. The molecule has 0 amide bonds. The van der Waals surface area contributed by atoms with Gasteiger partial charge in [0, 0.05) is 16.5 Å². The predicted molar refractivity (Wildman–Crippen MR) is 104 cm³/mol. The minimum absolute atomic E-state index is 0.0537. The van der Waals surface area contributed by atoms with Crippen LogP contribution in [-0.4, -0.2) is 23.2 Å². The topological polar surface area (TPSA) is 89.3 Å². The van der Waals surface area contributed by atoms with Crippen LogP contribution in [0.4, 0.5) is 0 Å². The number of carboxylic acid groups (broad SMARTS) is 1. The van der Waals surface area contributed by atoms with Crippen molar-refractivity contribution < 1.29 is 9.90 Å². The third-order valence-corrected chi connectivity index (χ3v) is 3.80. The monoisotopic (exact) mass is 362 g/mol. The zero-order chi connectivity index (χ0) is 18.9. The van der Waals surface area contributed by atoms with E-state index in [1.807, 2.05) is 44.2 Å². The summed E-state index contributed by atoms with van der Waals surface area (Å²) in [6.07, 6.45) is 0.992. The van der Waals surface area contributed by atoms with E-state index in [1.54, 1.807) is 12.1 Å². The second kappa shape index (κ2) is 10.2. The maximum atomic E-state index is 10.5. The summed E-state index contributed by atoms with van der Waals surface area (Å²) in [6.45, 7) is 4.41. The van der Waals surface area contributed by atoms with Gasteiger partial charge in [-0.2, -0.15) is 0 Å². The summed E-state index contributed by atoms with van der Waals surface area (Å²) in [5.41, 5.74) is 13.5. The van der Waals surface area contributed by atoms with E-state index >= 15 is 0 Å². The lowest BCUT2D eigenvalue weighted by Crippen LogP contribution is -2.34. The van der Waals surface area contributed by atoms with Gasteiger partial charge in [0.05, 0.1) is 6.42 Å². The van der Waals surface area contributed by atoms with E-state index in [-0.39, 0.29) is 17.9 Å². The van der Waals surface area contributed by atoms with Gasteiger partial charge in [0.1, 0.15) is 0 Å². The molecule has 2 aromatic rings. The number of carbonyl (C=O) groups is 1. The second-order valence-corrected chi connectivity index (χ2v) is 7.17. The molecule has 0 fully saturated rings. The number of halogens is 1. The summed E-state index contributed by atoms with van der Waals surface area (Å²) in [7, 11) is 0. The van der Waals surface area contributed by atoms with E-state index in [0.717, 1.165) is 12.0 Å². The van der Waals surface area contributed by atoms with Crippen LogP contribution in [0.15, 0.2) is 54.6 Å². The number of carboxylic acids is 1. The molecule has 1 unspecified atom stereocenters. The Labute approximate surface area is 154 Å². The molecular weight excluding hydrogens is 336 g/mol. The van der Waals surface area contributed by atoms with Gasteiger partial charge >= 0.3 is 5.97 Å². The first-order valence-electron chi connectivity index (χ1n) is 8.21. The van der Waals surface area contributed by atoms with Crippen LogP contribution in [0.25, 0.3) is 0 Å². The Balaban J connectivity index is 0.000000257. The Hall–Kier alpha value is -1.88. The smallest absolute Gasteiger partial charge is 0.304 e. The molecule has 0 heterocycles. The molecule has 25 heavy (non-hydrogen) atoms.